The Labute approximate surface area is 486 Å². The molecule has 0 aromatic carbocycles. The molecule has 18 nitrogen and oxygen atoms in total. The number of ether oxygens (including phenoxy) is 6. The molecule has 82 heavy (non-hydrogen) atoms. The molecule has 3 heterocycles. The zero-order valence-electron chi connectivity index (χ0n) is 50.4. The molecule has 0 aromatic heterocycles. The van der Waals surface area contributed by atoms with Crippen LogP contribution >= 0.6 is 0 Å². The van der Waals surface area contributed by atoms with Gasteiger partial charge in [0.15, 0.2) is 0 Å². The van der Waals surface area contributed by atoms with E-state index in [1.807, 2.05) is 62.3 Å². The molecule has 0 N–H and O–H groups in total. The van der Waals surface area contributed by atoms with Gasteiger partial charge in [0.25, 0.3) is 0 Å². The summed E-state index contributed by atoms with van der Waals surface area (Å²) in [4.78, 5) is 97.7. The van der Waals surface area contributed by atoms with Gasteiger partial charge in [0, 0.05) is 56.4 Å². The molecule has 0 spiro atoms. The summed E-state index contributed by atoms with van der Waals surface area (Å²) in [6, 6.07) is 4.62. The summed E-state index contributed by atoms with van der Waals surface area (Å²) in [7, 11) is 0. The minimum absolute atomic E-state index is 0.000145. The van der Waals surface area contributed by atoms with Gasteiger partial charge < -0.3 is 43.1 Å². The predicted octanol–water partition coefficient (Wildman–Crippen LogP) is 10.6. The Hall–Kier alpha value is -6.87. The molecule has 0 aromatic rings. The van der Waals surface area contributed by atoms with Gasteiger partial charge in [0.2, 0.25) is 5.70 Å². The maximum atomic E-state index is 14.8. The maximum absolute atomic E-state index is 14.8. The number of unbranched alkanes of at least 4 members (excludes halogenated alkanes) is 3. The molecule has 0 unspecified atom stereocenters. The van der Waals surface area contributed by atoms with Crippen molar-refractivity contribution in [3.05, 3.63) is 78.8 Å². The Balaban J connectivity index is 1.45. The normalized spacial score (nSPS) is 21.3. The average molecular weight is 1130 g/mol. The first-order valence-electron chi connectivity index (χ1n) is 30.0. The predicted molar refractivity (Wildman–Crippen MR) is 305 cm³/mol. The molecular formula is C64H88N6O12. The number of nitriles is 2. The van der Waals surface area contributed by atoms with Gasteiger partial charge in [0.05, 0.1) is 43.5 Å². The zero-order chi connectivity index (χ0) is 59.8. The molecule has 6 aliphatic rings. The maximum Gasteiger partial charge on any atom is 0.345 e. The molecule has 0 saturated carbocycles. The quantitative estimate of drug-likeness (QED) is 0.0167. The van der Waals surface area contributed by atoms with E-state index in [-0.39, 0.29) is 72.6 Å². The van der Waals surface area contributed by atoms with Crippen LogP contribution in [-0.4, -0.2) is 129 Å². The molecule has 3 aliphatic heterocycles. The third-order valence-corrected chi connectivity index (χ3v) is 16.1. The van der Waals surface area contributed by atoms with Crippen LogP contribution in [0.1, 0.15) is 178 Å². The second kappa shape index (κ2) is 29.4. The summed E-state index contributed by atoms with van der Waals surface area (Å²) in [5.41, 5.74) is 0.560. The lowest BCUT2D eigenvalue weighted by Crippen LogP contribution is -2.34. The zero-order valence-corrected chi connectivity index (χ0v) is 50.4. The highest BCUT2D eigenvalue weighted by atomic mass is 16.6. The van der Waals surface area contributed by atoms with Crippen molar-refractivity contribution in [3.63, 3.8) is 0 Å². The largest absolute Gasteiger partial charge is 0.462 e. The molecule has 3 saturated heterocycles. The van der Waals surface area contributed by atoms with E-state index in [0.29, 0.717) is 84.0 Å². The molecule has 0 radical (unpaired) electrons. The van der Waals surface area contributed by atoms with Crippen molar-refractivity contribution < 1.29 is 57.2 Å². The smallest absolute Gasteiger partial charge is 0.345 e. The van der Waals surface area contributed by atoms with Crippen LogP contribution in [0.4, 0.5) is 0 Å². The fraction of sp³-hybridized carbons (Fsp3) is 0.672. The van der Waals surface area contributed by atoms with Crippen LogP contribution in [0.15, 0.2) is 67.4 Å². The van der Waals surface area contributed by atoms with Crippen LogP contribution in [0.5, 0.6) is 0 Å². The van der Waals surface area contributed by atoms with Gasteiger partial charge in [-0.2, -0.15) is 10.5 Å². The third-order valence-electron chi connectivity index (χ3n) is 16.1. The summed E-state index contributed by atoms with van der Waals surface area (Å²) in [5.74, 6) is -7.50. The highest BCUT2D eigenvalue weighted by Gasteiger charge is 2.43. The third kappa shape index (κ3) is 16.4. The Morgan fingerprint density at radius 2 is 0.744 bits per heavy atom. The summed E-state index contributed by atoms with van der Waals surface area (Å²) in [6.45, 7) is 28.6. The number of allylic oxidation sites excluding steroid dienone is 8. The Morgan fingerprint density at radius 1 is 0.463 bits per heavy atom. The number of esters is 6. The van der Waals surface area contributed by atoms with E-state index < -0.39 is 94.5 Å². The average Bonchev–Trinajstić information content (AvgIpc) is 3.07. The monoisotopic (exact) mass is 1130 g/mol. The van der Waals surface area contributed by atoms with Crippen LogP contribution in [-0.2, 0) is 57.2 Å². The van der Waals surface area contributed by atoms with Crippen molar-refractivity contribution >= 4 is 35.8 Å². The molecule has 3 fully saturated rings. The fourth-order valence-electron chi connectivity index (χ4n) is 11.9. The molecule has 0 atom stereocenters. The fourth-order valence-corrected chi connectivity index (χ4v) is 11.9. The lowest BCUT2D eigenvalue weighted by molar-refractivity contribution is -0.151. The minimum Gasteiger partial charge on any atom is -0.462 e. The van der Waals surface area contributed by atoms with E-state index in [4.69, 9.17) is 35.0 Å². The van der Waals surface area contributed by atoms with E-state index in [1.54, 1.807) is 0 Å². The lowest BCUT2D eigenvalue weighted by atomic mass is 9.72. The van der Waals surface area contributed by atoms with Gasteiger partial charge in [-0.1, -0.05) is 81.6 Å². The van der Waals surface area contributed by atoms with E-state index in [0.717, 1.165) is 68.7 Å². The van der Waals surface area contributed by atoms with Crippen molar-refractivity contribution in [2.75, 3.05) is 78.9 Å². The van der Waals surface area contributed by atoms with Crippen LogP contribution in [0.25, 0.3) is 4.85 Å². The molecule has 18 heteroatoms. The highest BCUT2D eigenvalue weighted by molar-refractivity contribution is 6.17. The summed E-state index contributed by atoms with van der Waals surface area (Å²) in [5, 5.41) is 21.6. The molecule has 6 rings (SSSR count). The lowest BCUT2D eigenvalue weighted by Gasteiger charge is -2.37. The van der Waals surface area contributed by atoms with Gasteiger partial charge in [-0.25, -0.2) is 33.6 Å². The van der Waals surface area contributed by atoms with E-state index in [2.05, 4.69) is 31.7 Å². The number of carbonyl (C=O) groups excluding carboxylic acids is 6. The number of rotatable bonds is 24. The highest BCUT2D eigenvalue weighted by Crippen LogP contribution is 2.48. The van der Waals surface area contributed by atoms with Crippen LogP contribution in [0.2, 0.25) is 0 Å². The summed E-state index contributed by atoms with van der Waals surface area (Å²) in [6.07, 6.45) is 11.3. The van der Waals surface area contributed by atoms with Gasteiger partial charge in [-0.3, -0.25) is 0 Å². The summed E-state index contributed by atoms with van der Waals surface area (Å²) >= 11 is 0. The van der Waals surface area contributed by atoms with Crippen LogP contribution in [0, 0.1) is 51.4 Å². The Bertz CT molecular complexity index is 2460. The van der Waals surface area contributed by atoms with E-state index in [1.165, 1.54) is 0 Å². The number of nitrogens with zero attached hydrogens (tertiary/aromatic N) is 6. The number of likely N-dealkylation sites (tertiary alicyclic amines) is 3. The van der Waals surface area contributed by atoms with Crippen molar-refractivity contribution in [1.82, 2.24) is 14.7 Å². The van der Waals surface area contributed by atoms with Crippen molar-refractivity contribution in [2.45, 2.75) is 178 Å². The first-order valence-corrected chi connectivity index (χ1v) is 30.0. The van der Waals surface area contributed by atoms with Gasteiger partial charge in [0.1, 0.15) is 48.7 Å². The number of hydrogen-bond donors (Lipinski definition) is 0. The van der Waals surface area contributed by atoms with Gasteiger partial charge in [-0.05, 0) is 129 Å². The minimum atomic E-state index is -1.23. The molecule has 0 amide bonds. The van der Waals surface area contributed by atoms with Crippen LogP contribution in [0.3, 0.4) is 0 Å². The number of carbonyl (C=O) groups is 6. The molecular weight excluding hydrogens is 1040 g/mol. The van der Waals surface area contributed by atoms with Gasteiger partial charge in [-0.15, -0.1) is 0 Å². The van der Waals surface area contributed by atoms with Crippen LogP contribution < -0.4 is 0 Å². The standard InChI is InChI=1S/C64H88N6O12/c1-11-14-29-77-56(71)52(44-32-62(4,5)35-49(47(44)38-65)68-23-17-18-24-68)59(74)80-40-43(41-81-60(75)53(57(72)78-30-15-12-2)45-33-63(6,7)36-50(48(45)39-66)69-25-19-20-26-69)42-82-61(76)54(58(73)79-31-16-13-3)46-34-64(8,9)37-51(55(46)67-10)70-27-21-22-28-70/h43H,11-37,40-42H2,1-9H3/b52-44+,53-45+,54-46+. The Kier molecular flexibility index (Phi) is 23.1. The van der Waals surface area contributed by atoms with Crippen molar-refractivity contribution in [3.8, 4) is 12.1 Å². The van der Waals surface area contributed by atoms with E-state index in [9.17, 15) is 39.3 Å². The number of hydrogen-bond acceptors (Lipinski definition) is 17. The molecule has 3 aliphatic carbocycles. The second-order valence-electron chi connectivity index (χ2n) is 25.1. The second-order valence-corrected chi connectivity index (χ2v) is 25.1. The summed E-state index contributed by atoms with van der Waals surface area (Å²) < 4.78 is 35.2. The first kappa shape index (κ1) is 64.3. The van der Waals surface area contributed by atoms with E-state index >= 15 is 0 Å². The van der Waals surface area contributed by atoms with Crippen molar-refractivity contribution in [1.29, 1.82) is 10.5 Å². The van der Waals surface area contributed by atoms with Gasteiger partial charge >= 0.3 is 35.8 Å². The topological polar surface area (TPSA) is 219 Å². The molecule has 446 valence electrons. The van der Waals surface area contributed by atoms with Crippen molar-refractivity contribution in [2.24, 2.45) is 22.2 Å². The SMILES string of the molecule is [C-]#[N+]C1=C(N2CCCC2)CC(C)(C)C/C1=C(/C(=O)OCCCC)C(=O)OCC(COC(=O)/C(C(=O)OCCCC)=C1\CC(C)(C)CC(N2CCCC2)=C1C#N)COC(=O)/C(C(=O)OCCCC)=C1\CC(C)(C)CC(N2CCCC2)=C1C#N. The first-order chi connectivity index (χ1) is 39.1. The molecule has 0 bridgehead atoms. The Morgan fingerprint density at radius 3 is 1.05 bits per heavy atom.